The highest BCUT2D eigenvalue weighted by Crippen LogP contribution is 2.37. The van der Waals surface area contributed by atoms with Crippen LogP contribution >= 0.6 is 0 Å². The first-order valence-electron chi connectivity index (χ1n) is 3.95. The molecule has 0 bridgehead atoms. The van der Waals surface area contributed by atoms with Crippen molar-refractivity contribution in [3.05, 3.63) is 0 Å². The molecule has 0 saturated carbocycles. The molecule has 2 nitrogen and oxygen atoms in total. The van der Waals surface area contributed by atoms with Gasteiger partial charge in [-0.15, -0.1) is 0 Å². The number of aliphatic hydroxyl groups is 2. The molecule has 0 unspecified atom stereocenters. The van der Waals surface area contributed by atoms with Gasteiger partial charge < -0.3 is 10.2 Å². The predicted molar refractivity (Wildman–Crippen MR) is 46.4 cm³/mol. The zero-order valence-electron chi connectivity index (χ0n) is 8.39. The molecule has 0 heterocycles. The van der Waals surface area contributed by atoms with Gasteiger partial charge in [0.25, 0.3) is 0 Å². The number of hydrogen-bond donors (Lipinski definition) is 2. The predicted octanol–water partition coefficient (Wildman–Crippen LogP) is 1.55. The van der Waals surface area contributed by atoms with E-state index in [4.69, 9.17) is 0 Å². The van der Waals surface area contributed by atoms with Gasteiger partial charge in [0.15, 0.2) is 0 Å². The summed E-state index contributed by atoms with van der Waals surface area (Å²) in [4.78, 5) is 0. The van der Waals surface area contributed by atoms with E-state index in [1.54, 1.807) is 20.8 Å². The Morgan fingerprint density at radius 2 is 1.00 bits per heavy atom. The smallest absolute Gasteiger partial charge is 0.0947 e. The maximum absolute atomic E-state index is 9.94. The Morgan fingerprint density at radius 3 is 1.00 bits per heavy atom. The summed E-state index contributed by atoms with van der Waals surface area (Å²) in [6.07, 6.45) is 0. The van der Waals surface area contributed by atoms with Crippen molar-refractivity contribution in [2.45, 2.75) is 52.7 Å². The molecule has 0 aliphatic heterocycles. The monoisotopic (exact) mass is 160 g/mol. The molecular formula is C9H20O2. The summed E-state index contributed by atoms with van der Waals surface area (Å²) in [7, 11) is 0. The maximum Gasteiger partial charge on any atom is 0.0947 e. The van der Waals surface area contributed by atoms with Gasteiger partial charge in [-0.2, -0.15) is 0 Å². The van der Waals surface area contributed by atoms with Crippen LogP contribution in [0.25, 0.3) is 0 Å². The van der Waals surface area contributed by atoms with Gasteiger partial charge >= 0.3 is 0 Å². The molecule has 0 rings (SSSR count). The molecule has 0 saturated heterocycles. The van der Waals surface area contributed by atoms with Gasteiger partial charge in [-0.05, 0) is 26.2 Å². The number of rotatable bonds is 1. The van der Waals surface area contributed by atoms with Crippen molar-refractivity contribution in [2.75, 3.05) is 0 Å². The van der Waals surface area contributed by atoms with Crippen LogP contribution in [0.2, 0.25) is 0 Å². The minimum Gasteiger partial charge on any atom is -0.387 e. The second-order valence-corrected chi connectivity index (χ2v) is 4.88. The molecule has 2 N–H and O–H groups in total. The molecule has 0 aromatic rings. The summed E-state index contributed by atoms with van der Waals surface area (Å²) < 4.78 is 0. The summed E-state index contributed by atoms with van der Waals surface area (Å²) in [5, 5.41) is 19.6. The fourth-order valence-electron chi connectivity index (χ4n) is 0.918. The Morgan fingerprint density at radius 1 is 0.727 bits per heavy atom. The van der Waals surface area contributed by atoms with E-state index in [-0.39, 0.29) is 5.41 Å². The van der Waals surface area contributed by atoms with Crippen LogP contribution in [-0.2, 0) is 0 Å². The Bertz CT molecular complexity index is 119. The Kier molecular flexibility index (Phi) is 2.44. The zero-order valence-corrected chi connectivity index (χ0v) is 8.39. The van der Waals surface area contributed by atoms with Crippen LogP contribution < -0.4 is 0 Å². The Hall–Kier alpha value is -0.0800. The van der Waals surface area contributed by atoms with Crippen LogP contribution in [0.5, 0.6) is 0 Å². The lowest BCUT2D eigenvalue weighted by atomic mass is 9.69. The first-order chi connectivity index (χ1) is 4.50. The third kappa shape index (κ3) is 1.94. The molecule has 11 heavy (non-hydrogen) atoms. The lowest BCUT2D eigenvalue weighted by Crippen LogP contribution is -2.56. The average Bonchev–Trinajstić information content (AvgIpc) is 1.58. The van der Waals surface area contributed by atoms with Gasteiger partial charge in [-0.3, -0.25) is 0 Å². The lowest BCUT2D eigenvalue weighted by Gasteiger charge is -2.45. The fourth-order valence-corrected chi connectivity index (χ4v) is 0.918. The van der Waals surface area contributed by atoms with E-state index in [9.17, 15) is 10.2 Å². The second kappa shape index (κ2) is 2.46. The van der Waals surface area contributed by atoms with E-state index in [1.165, 1.54) is 0 Å². The van der Waals surface area contributed by atoms with Crippen LogP contribution in [0.1, 0.15) is 41.5 Å². The van der Waals surface area contributed by atoms with Crippen molar-refractivity contribution in [1.82, 2.24) is 0 Å². The van der Waals surface area contributed by atoms with E-state index >= 15 is 0 Å². The maximum atomic E-state index is 9.94. The standard InChI is InChI=1S/C9H20O2/c1-7(2,3)9(6,11)8(4,5)10/h10-11H,1-6H3/t9-/m0/s1. The van der Waals surface area contributed by atoms with E-state index in [2.05, 4.69) is 0 Å². The summed E-state index contributed by atoms with van der Waals surface area (Å²) in [5.74, 6) is 0. The summed E-state index contributed by atoms with van der Waals surface area (Å²) in [6, 6.07) is 0. The van der Waals surface area contributed by atoms with Gasteiger partial charge in [0.05, 0.1) is 11.2 Å². The highest BCUT2D eigenvalue weighted by atomic mass is 16.4. The third-order valence-corrected chi connectivity index (χ3v) is 2.65. The molecule has 0 aliphatic rings. The summed E-state index contributed by atoms with van der Waals surface area (Å²) in [6.45, 7) is 10.6. The van der Waals surface area contributed by atoms with Gasteiger partial charge in [-0.1, -0.05) is 20.8 Å². The van der Waals surface area contributed by atoms with Crippen LogP contribution in [0.4, 0.5) is 0 Å². The van der Waals surface area contributed by atoms with Crippen LogP contribution in [-0.4, -0.2) is 21.4 Å². The topological polar surface area (TPSA) is 40.5 Å². The summed E-state index contributed by atoms with van der Waals surface area (Å²) in [5.41, 5.74) is -2.45. The molecule has 0 spiro atoms. The zero-order chi connectivity index (χ0) is 9.50. The highest BCUT2D eigenvalue weighted by molar-refractivity contribution is 4.98. The first-order valence-corrected chi connectivity index (χ1v) is 3.95. The molecular weight excluding hydrogens is 140 g/mol. The highest BCUT2D eigenvalue weighted by Gasteiger charge is 2.46. The first kappa shape index (κ1) is 10.9. The van der Waals surface area contributed by atoms with Crippen LogP contribution in [0.15, 0.2) is 0 Å². The second-order valence-electron chi connectivity index (χ2n) is 4.88. The van der Waals surface area contributed by atoms with Crippen LogP contribution in [0, 0.1) is 5.41 Å². The average molecular weight is 160 g/mol. The van der Waals surface area contributed by atoms with E-state index in [0.717, 1.165) is 0 Å². The van der Waals surface area contributed by atoms with Crippen LogP contribution in [0.3, 0.4) is 0 Å². The van der Waals surface area contributed by atoms with Gasteiger partial charge in [0, 0.05) is 0 Å². The van der Waals surface area contributed by atoms with Crippen molar-refractivity contribution in [3.8, 4) is 0 Å². The Labute approximate surface area is 69.2 Å². The van der Waals surface area contributed by atoms with E-state index in [1.807, 2.05) is 20.8 Å². The molecule has 0 radical (unpaired) electrons. The molecule has 0 amide bonds. The number of hydrogen-bond acceptors (Lipinski definition) is 2. The van der Waals surface area contributed by atoms with E-state index < -0.39 is 11.2 Å². The normalized spacial score (nSPS) is 19.6. The fraction of sp³-hybridized carbons (Fsp3) is 1.00. The van der Waals surface area contributed by atoms with Crippen molar-refractivity contribution in [3.63, 3.8) is 0 Å². The molecule has 0 aromatic heterocycles. The van der Waals surface area contributed by atoms with Gasteiger partial charge in [-0.25, -0.2) is 0 Å². The van der Waals surface area contributed by atoms with Crippen molar-refractivity contribution in [2.24, 2.45) is 5.41 Å². The van der Waals surface area contributed by atoms with Crippen molar-refractivity contribution >= 4 is 0 Å². The quantitative estimate of drug-likeness (QED) is 0.611. The lowest BCUT2D eigenvalue weighted by molar-refractivity contribution is -0.175. The van der Waals surface area contributed by atoms with Crippen molar-refractivity contribution < 1.29 is 10.2 Å². The molecule has 0 fully saturated rings. The molecule has 0 aliphatic carbocycles. The van der Waals surface area contributed by atoms with Gasteiger partial charge in [0.1, 0.15) is 0 Å². The third-order valence-electron chi connectivity index (χ3n) is 2.65. The van der Waals surface area contributed by atoms with Crippen molar-refractivity contribution in [1.29, 1.82) is 0 Å². The SMILES string of the molecule is CC(C)(C)[C@](C)(O)C(C)(C)O. The minimum atomic E-state index is -1.07. The molecule has 68 valence electrons. The van der Waals surface area contributed by atoms with E-state index in [0.29, 0.717) is 0 Å². The Balaban J connectivity index is 4.75. The molecule has 1 atom stereocenters. The summed E-state index contributed by atoms with van der Waals surface area (Å²) >= 11 is 0. The minimum absolute atomic E-state index is 0.314. The molecule has 2 heteroatoms. The van der Waals surface area contributed by atoms with Gasteiger partial charge in [0.2, 0.25) is 0 Å². The largest absolute Gasteiger partial charge is 0.387 e. The molecule has 0 aromatic carbocycles.